The van der Waals surface area contributed by atoms with Crippen LogP contribution in [0.5, 0.6) is 0 Å². The van der Waals surface area contributed by atoms with Crippen molar-refractivity contribution >= 4 is 13.7 Å². The third-order valence-corrected chi connectivity index (χ3v) is 18.0. The summed E-state index contributed by atoms with van der Waals surface area (Å²) in [6.07, 6.45) is 104. The average molecular weight is 1280 g/mol. The summed E-state index contributed by atoms with van der Waals surface area (Å²) in [5.41, 5.74) is 0. The molecule has 8 nitrogen and oxygen atoms in total. The second kappa shape index (κ2) is 70.5. The first kappa shape index (κ1) is 87.2. The molecule has 522 valence electrons. The number of carbonyl (C=O) groups excluding carboxylic acids is 1. The second-order valence-corrected chi connectivity index (χ2v) is 28.4. The minimum absolute atomic E-state index is 0.0532. The fourth-order valence-electron chi connectivity index (χ4n) is 11.1. The number of nitrogens with one attached hydrogen (secondary N) is 1. The van der Waals surface area contributed by atoms with Crippen molar-refractivity contribution in [3.05, 3.63) is 109 Å². The number of allylic oxidation sites excluding steroid dienone is 17. The van der Waals surface area contributed by atoms with Crippen molar-refractivity contribution in [3.8, 4) is 0 Å². The summed E-state index contributed by atoms with van der Waals surface area (Å²) in [6, 6.07) is -0.871. The highest BCUT2D eigenvalue weighted by molar-refractivity contribution is 7.47. The molecule has 0 aromatic heterocycles. The standard InChI is InChI=1S/C81H147N2O6P/c1-6-8-10-12-14-16-18-20-22-24-26-28-30-32-34-36-38-39-40-41-42-43-45-47-49-51-53-55-57-59-61-63-65-67-69-71-73-75-81(85)82-79(78-89-90(86,87)88-77-76-83(3,4)5)80(84)74-72-70-68-66-64-62-60-58-56-54-52-50-48-46-44-37-35-33-31-29-27-25-23-21-19-17-15-13-11-9-7-2/h8,10,14,16,20,22,26,28,32,34,38-39,41-42,64,66,72,74,79-80,84H,6-7,9,11-13,15,17-19,21,23-25,27,29-31,33,35-37,40,43-63,65,67-71,73,75-78H2,1-5H3,(H-,82,85,86,87)/p+1/b10-8-,16-14-,22-20-,28-26-,34-32-,39-38-,42-41-,66-64+,74-72+. The van der Waals surface area contributed by atoms with Crippen LogP contribution in [-0.4, -0.2) is 73.4 Å². The zero-order valence-corrected chi connectivity index (χ0v) is 60.8. The van der Waals surface area contributed by atoms with E-state index in [1.807, 2.05) is 27.2 Å². The summed E-state index contributed by atoms with van der Waals surface area (Å²) >= 11 is 0. The van der Waals surface area contributed by atoms with Gasteiger partial charge in [0.2, 0.25) is 5.91 Å². The highest BCUT2D eigenvalue weighted by Gasteiger charge is 2.28. The molecule has 3 atom stereocenters. The number of rotatable bonds is 70. The second-order valence-electron chi connectivity index (χ2n) is 27.0. The van der Waals surface area contributed by atoms with Crippen molar-refractivity contribution < 1.29 is 32.9 Å². The van der Waals surface area contributed by atoms with Crippen LogP contribution in [0.3, 0.4) is 0 Å². The molecule has 0 aromatic rings. The lowest BCUT2D eigenvalue weighted by Gasteiger charge is -2.25. The number of carbonyl (C=O) groups is 1. The van der Waals surface area contributed by atoms with E-state index in [1.165, 1.54) is 244 Å². The van der Waals surface area contributed by atoms with Crippen molar-refractivity contribution in [1.29, 1.82) is 0 Å². The lowest BCUT2D eigenvalue weighted by atomic mass is 10.0. The molecule has 9 heteroatoms. The maximum Gasteiger partial charge on any atom is 0.472 e. The van der Waals surface area contributed by atoms with Crippen LogP contribution in [0.2, 0.25) is 0 Å². The molecule has 0 radical (unpaired) electrons. The van der Waals surface area contributed by atoms with E-state index in [2.05, 4.69) is 116 Å². The minimum Gasteiger partial charge on any atom is -0.387 e. The van der Waals surface area contributed by atoms with Gasteiger partial charge in [0.05, 0.1) is 39.9 Å². The number of phosphoric ester groups is 1. The van der Waals surface area contributed by atoms with Gasteiger partial charge in [-0.15, -0.1) is 0 Å². The van der Waals surface area contributed by atoms with Gasteiger partial charge in [0.15, 0.2) is 0 Å². The summed E-state index contributed by atoms with van der Waals surface area (Å²) in [5, 5.41) is 14.0. The molecule has 0 heterocycles. The van der Waals surface area contributed by atoms with E-state index in [0.29, 0.717) is 17.4 Å². The van der Waals surface area contributed by atoms with E-state index >= 15 is 0 Å². The Morgan fingerprint density at radius 3 is 1.02 bits per heavy atom. The van der Waals surface area contributed by atoms with Gasteiger partial charge in [-0.3, -0.25) is 13.8 Å². The zero-order chi connectivity index (χ0) is 65.5. The highest BCUT2D eigenvalue weighted by atomic mass is 31.2. The van der Waals surface area contributed by atoms with Crippen LogP contribution >= 0.6 is 7.82 Å². The molecule has 1 amide bonds. The molecule has 0 saturated carbocycles. The number of hydrogen-bond donors (Lipinski definition) is 3. The quantitative estimate of drug-likeness (QED) is 0.0243. The SMILES string of the molecule is CC/C=C\C/C=C\C/C=C\C/C=C\C/C=C\C/C=C\C/C=C\CCCCCCCCCCCCCCCCCC(=O)NC(COP(=O)(O)OCC[N+](C)(C)C)C(O)/C=C/CC/C=C/CCCCCCCCCCCCCCCCCCCCCCCCCCC. The van der Waals surface area contributed by atoms with Crippen LogP contribution < -0.4 is 5.32 Å². The fourth-order valence-corrected chi connectivity index (χ4v) is 11.8. The van der Waals surface area contributed by atoms with E-state index in [1.54, 1.807) is 6.08 Å². The number of aliphatic hydroxyl groups excluding tert-OH is 1. The predicted molar refractivity (Wildman–Crippen MR) is 396 cm³/mol. The Morgan fingerprint density at radius 2 is 0.678 bits per heavy atom. The third kappa shape index (κ3) is 72.6. The molecule has 0 fully saturated rings. The Labute approximate surface area is 559 Å². The van der Waals surface area contributed by atoms with Crippen molar-refractivity contribution in [3.63, 3.8) is 0 Å². The topological polar surface area (TPSA) is 105 Å². The van der Waals surface area contributed by atoms with Crippen molar-refractivity contribution in [1.82, 2.24) is 5.32 Å². The van der Waals surface area contributed by atoms with E-state index in [0.717, 1.165) is 83.5 Å². The third-order valence-electron chi connectivity index (χ3n) is 17.0. The summed E-state index contributed by atoms with van der Waals surface area (Å²) in [4.78, 5) is 23.5. The molecule has 0 aliphatic rings. The number of aliphatic hydroxyl groups is 1. The van der Waals surface area contributed by atoms with Gasteiger partial charge >= 0.3 is 7.82 Å². The lowest BCUT2D eigenvalue weighted by molar-refractivity contribution is -0.870. The number of nitrogens with zero attached hydrogens (tertiary/aromatic N) is 1. The molecule has 3 N–H and O–H groups in total. The number of hydrogen-bond acceptors (Lipinski definition) is 5. The maximum atomic E-state index is 13.1. The van der Waals surface area contributed by atoms with E-state index in [4.69, 9.17) is 9.05 Å². The summed E-state index contributed by atoms with van der Waals surface area (Å²) in [5.74, 6) is -0.186. The van der Waals surface area contributed by atoms with Crippen LogP contribution in [0, 0.1) is 0 Å². The zero-order valence-electron chi connectivity index (χ0n) is 59.9. The molecule has 0 saturated heterocycles. The highest BCUT2D eigenvalue weighted by Crippen LogP contribution is 2.43. The number of amides is 1. The largest absolute Gasteiger partial charge is 0.472 e. The smallest absolute Gasteiger partial charge is 0.387 e. The van der Waals surface area contributed by atoms with Gasteiger partial charge in [-0.05, 0) is 89.9 Å². The van der Waals surface area contributed by atoms with Crippen LogP contribution in [0.25, 0.3) is 0 Å². The van der Waals surface area contributed by atoms with Gasteiger partial charge in [-0.25, -0.2) is 4.57 Å². The summed E-state index contributed by atoms with van der Waals surface area (Å²) < 4.78 is 23.8. The molecule has 0 rings (SSSR count). The Bertz CT molecular complexity index is 1840. The lowest BCUT2D eigenvalue weighted by Crippen LogP contribution is -2.45. The van der Waals surface area contributed by atoms with Crippen molar-refractivity contribution in [2.45, 2.75) is 360 Å². The van der Waals surface area contributed by atoms with Crippen LogP contribution in [0.4, 0.5) is 0 Å². The molecule has 0 bridgehead atoms. The normalized spacial score (nSPS) is 14.2. The van der Waals surface area contributed by atoms with Crippen molar-refractivity contribution in [2.24, 2.45) is 0 Å². The first-order valence-electron chi connectivity index (χ1n) is 38.3. The van der Waals surface area contributed by atoms with E-state index < -0.39 is 20.0 Å². The van der Waals surface area contributed by atoms with Gasteiger partial charge in [0, 0.05) is 6.42 Å². The molecule has 90 heavy (non-hydrogen) atoms. The van der Waals surface area contributed by atoms with Gasteiger partial charge in [-0.1, -0.05) is 361 Å². The molecular weight excluding hydrogens is 1130 g/mol. The van der Waals surface area contributed by atoms with Crippen LogP contribution in [0.1, 0.15) is 348 Å². The van der Waals surface area contributed by atoms with Crippen molar-refractivity contribution in [2.75, 3.05) is 40.9 Å². The van der Waals surface area contributed by atoms with Gasteiger partial charge in [-0.2, -0.15) is 0 Å². The summed E-state index contributed by atoms with van der Waals surface area (Å²) in [7, 11) is 1.56. The van der Waals surface area contributed by atoms with Gasteiger partial charge < -0.3 is 19.8 Å². The molecule has 0 aromatic carbocycles. The molecule has 0 aliphatic carbocycles. The summed E-state index contributed by atoms with van der Waals surface area (Å²) in [6.45, 7) is 4.72. The van der Waals surface area contributed by atoms with Gasteiger partial charge in [0.1, 0.15) is 13.2 Å². The van der Waals surface area contributed by atoms with Crippen LogP contribution in [-0.2, 0) is 18.4 Å². The van der Waals surface area contributed by atoms with E-state index in [9.17, 15) is 19.4 Å². The number of quaternary nitrogens is 1. The minimum atomic E-state index is -4.37. The number of unbranched alkanes of at least 4 members (excludes halogenated alkanes) is 41. The maximum absolute atomic E-state index is 13.1. The molecule has 3 unspecified atom stereocenters. The average Bonchev–Trinajstić information content (AvgIpc) is 3.18. The van der Waals surface area contributed by atoms with E-state index in [-0.39, 0.29) is 19.1 Å². The number of likely N-dealkylation sites (N-methyl/N-ethyl adjacent to an activating group) is 1. The molecule has 0 aliphatic heterocycles. The monoisotopic (exact) mass is 1280 g/mol. The Hall–Kier alpha value is -2.84. The first-order chi connectivity index (χ1) is 44.0. The number of phosphoric acid groups is 1. The first-order valence-corrected chi connectivity index (χ1v) is 39.8. The Morgan fingerprint density at radius 1 is 0.389 bits per heavy atom. The Balaban J connectivity index is 4.06. The van der Waals surface area contributed by atoms with Crippen LogP contribution in [0.15, 0.2) is 109 Å². The molecular formula is C81H148N2O6P+. The fraction of sp³-hybridized carbons (Fsp3) is 0.765. The molecule has 0 spiro atoms. The Kier molecular flexibility index (Phi) is 68.3. The predicted octanol–water partition coefficient (Wildman–Crippen LogP) is 25.0. The van der Waals surface area contributed by atoms with Gasteiger partial charge in [0.25, 0.3) is 0 Å².